The lowest BCUT2D eigenvalue weighted by Gasteiger charge is -2.17. The average molecular weight is 367 g/mol. The summed E-state index contributed by atoms with van der Waals surface area (Å²) in [5, 5.41) is 2.88. The number of rotatable bonds is 7. The van der Waals surface area contributed by atoms with E-state index in [1.54, 1.807) is 29.2 Å². The molecule has 1 aliphatic heterocycles. The maximum atomic E-state index is 12.5. The Kier molecular flexibility index (Phi) is 6.08. The third-order valence-electron chi connectivity index (χ3n) is 4.59. The number of hydrogen-bond donors (Lipinski definition) is 2. The lowest BCUT2D eigenvalue weighted by molar-refractivity contribution is -0.128. The molecule has 1 fully saturated rings. The van der Waals surface area contributed by atoms with Gasteiger partial charge in [-0.1, -0.05) is 29.8 Å². The van der Waals surface area contributed by atoms with E-state index in [1.807, 2.05) is 31.2 Å². The zero-order chi connectivity index (χ0) is 19.2. The van der Waals surface area contributed by atoms with Crippen LogP contribution >= 0.6 is 0 Å². The highest BCUT2D eigenvalue weighted by Crippen LogP contribution is 2.23. The molecule has 1 aliphatic rings. The van der Waals surface area contributed by atoms with Crippen LogP contribution in [0.1, 0.15) is 17.5 Å². The Morgan fingerprint density at radius 1 is 1.19 bits per heavy atom. The number of carbonyl (C=O) groups excluding carboxylic acids is 2. The fourth-order valence-electron chi connectivity index (χ4n) is 3.07. The molecule has 3 N–H and O–H groups in total. The predicted octanol–water partition coefficient (Wildman–Crippen LogP) is 2.32. The number of hydrogen-bond acceptors (Lipinski definition) is 4. The number of nitrogens with two attached hydrogens (primary N) is 1. The first kappa shape index (κ1) is 18.9. The molecule has 3 rings (SSSR count). The first-order valence-electron chi connectivity index (χ1n) is 9.12. The Morgan fingerprint density at radius 3 is 2.56 bits per heavy atom. The number of nitrogens with one attached hydrogen (secondary N) is 1. The molecule has 1 heterocycles. The molecule has 0 spiro atoms. The number of likely N-dealkylation sites (tertiary alicyclic amines) is 1. The highest BCUT2D eigenvalue weighted by atomic mass is 16.5. The van der Waals surface area contributed by atoms with E-state index in [4.69, 9.17) is 10.5 Å². The Hall–Kier alpha value is -2.86. The Morgan fingerprint density at radius 2 is 1.89 bits per heavy atom. The highest BCUT2D eigenvalue weighted by molar-refractivity contribution is 5.97. The average Bonchev–Trinajstić information content (AvgIpc) is 3.04. The standard InChI is InChI=1S/C21H25N3O3/c1-15-2-4-16(5-3-15)13-24-14-17(12-20(24)25)21(26)23-18-6-8-19(9-7-18)27-11-10-22/h2-9,17H,10-14,22H2,1H3,(H,23,26). The van der Waals surface area contributed by atoms with Gasteiger partial charge in [0, 0.05) is 31.7 Å². The van der Waals surface area contributed by atoms with E-state index >= 15 is 0 Å². The second kappa shape index (κ2) is 8.68. The van der Waals surface area contributed by atoms with Crippen molar-refractivity contribution in [2.75, 3.05) is 25.0 Å². The van der Waals surface area contributed by atoms with E-state index in [0.29, 0.717) is 37.7 Å². The van der Waals surface area contributed by atoms with Gasteiger partial charge < -0.3 is 20.7 Å². The summed E-state index contributed by atoms with van der Waals surface area (Å²) in [5.74, 6) is 0.251. The van der Waals surface area contributed by atoms with Crippen LogP contribution in [-0.2, 0) is 16.1 Å². The van der Waals surface area contributed by atoms with Gasteiger partial charge in [-0.05, 0) is 36.8 Å². The van der Waals surface area contributed by atoms with Crippen LogP contribution in [0, 0.1) is 12.8 Å². The number of carbonyl (C=O) groups is 2. The number of nitrogens with zero attached hydrogens (tertiary/aromatic N) is 1. The molecule has 1 saturated heterocycles. The van der Waals surface area contributed by atoms with E-state index in [0.717, 1.165) is 5.56 Å². The van der Waals surface area contributed by atoms with Gasteiger partial charge >= 0.3 is 0 Å². The Balaban J connectivity index is 1.54. The minimum absolute atomic E-state index is 0.0151. The zero-order valence-electron chi connectivity index (χ0n) is 15.5. The fourth-order valence-corrected chi connectivity index (χ4v) is 3.07. The van der Waals surface area contributed by atoms with E-state index < -0.39 is 0 Å². The van der Waals surface area contributed by atoms with Crippen LogP contribution in [0.4, 0.5) is 5.69 Å². The molecule has 2 amide bonds. The monoisotopic (exact) mass is 367 g/mol. The topological polar surface area (TPSA) is 84.7 Å². The molecule has 0 aromatic heterocycles. The van der Waals surface area contributed by atoms with Gasteiger partial charge in [-0.2, -0.15) is 0 Å². The molecular weight excluding hydrogens is 342 g/mol. The van der Waals surface area contributed by atoms with Gasteiger partial charge in [0.1, 0.15) is 12.4 Å². The molecular formula is C21H25N3O3. The first-order chi connectivity index (χ1) is 13.0. The molecule has 6 nitrogen and oxygen atoms in total. The number of benzene rings is 2. The minimum atomic E-state index is -0.337. The molecule has 0 saturated carbocycles. The van der Waals surface area contributed by atoms with Gasteiger partial charge in [0.05, 0.1) is 5.92 Å². The number of anilines is 1. The number of aryl methyl sites for hydroxylation is 1. The van der Waals surface area contributed by atoms with E-state index in [9.17, 15) is 9.59 Å². The molecule has 27 heavy (non-hydrogen) atoms. The SMILES string of the molecule is Cc1ccc(CN2CC(C(=O)Nc3ccc(OCCN)cc3)CC2=O)cc1. The molecule has 0 radical (unpaired) electrons. The van der Waals surface area contributed by atoms with Gasteiger partial charge in [0.25, 0.3) is 0 Å². The second-order valence-corrected chi connectivity index (χ2v) is 6.81. The summed E-state index contributed by atoms with van der Waals surface area (Å²) in [6.45, 7) is 3.91. The van der Waals surface area contributed by atoms with Crippen LogP contribution in [0.25, 0.3) is 0 Å². The third kappa shape index (κ3) is 5.08. The number of ether oxygens (including phenoxy) is 1. The van der Waals surface area contributed by atoms with Crippen molar-refractivity contribution in [2.24, 2.45) is 11.7 Å². The second-order valence-electron chi connectivity index (χ2n) is 6.81. The van der Waals surface area contributed by atoms with Crippen LogP contribution in [0.3, 0.4) is 0 Å². The normalized spacial score (nSPS) is 16.4. The van der Waals surface area contributed by atoms with Crippen molar-refractivity contribution in [3.8, 4) is 5.75 Å². The maximum absolute atomic E-state index is 12.5. The Bertz CT molecular complexity index is 787. The predicted molar refractivity (Wildman–Crippen MR) is 104 cm³/mol. The Labute approximate surface area is 159 Å². The van der Waals surface area contributed by atoms with Crippen molar-refractivity contribution >= 4 is 17.5 Å². The van der Waals surface area contributed by atoms with Crippen molar-refractivity contribution in [2.45, 2.75) is 19.9 Å². The van der Waals surface area contributed by atoms with Crippen molar-refractivity contribution in [3.05, 3.63) is 59.7 Å². The van der Waals surface area contributed by atoms with Crippen molar-refractivity contribution in [1.29, 1.82) is 0 Å². The van der Waals surface area contributed by atoms with Crippen LogP contribution in [0.2, 0.25) is 0 Å². The largest absolute Gasteiger partial charge is 0.492 e. The summed E-state index contributed by atoms with van der Waals surface area (Å²) in [6.07, 6.45) is 0.245. The fraction of sp³-hybridized carbons (Fsp3) is 0.333. The summed E-state index contributed by atoms with van der Waals surface area (Å²) in [7, 11) is 0. The molecule has 0 aliphatic carbocycles. The van der Waals surface area contributed by atoms with Crippen LogP contribution in [-0.4, -0.2) is 36.4 Å². The quantitative estimate of drug-likeness (QED) is 0.787. The lowest BCUT2D eigenvalue weighted by Crippen LogP contribution is -2.28. The van der Waals surface area contributed by atoms with Crippen LogP contribution < -0.4 is 15.8 Å². The van der Waals surface area contributed by atoms with E-state index in [-0.39, 0.29) is 24.2 Å². The molecule has 1 atom stereocenters. The minimum Gasteiger partial charge on any atom is -0.492 e. The van der Waals surface area contributed by atoms with Crippen LogP contribution in [0.5, 0.6) is 5.75 Å². The van der Waals surface area contributed by atoms with E-state index in [1.165, 1.54) is 5.56 Å². The van der Waals surface area contributed by atoms with Gasteiger partial charge in [0.2, 0.25) is 11.8 Å². The van der Waals surface area contributed by atoms with Crippen molar-refractivity contribution < 1.29 is 14.3 Å². The molecule has 1 unspecified atom stereocenters. The zero-order valence-corrected chi connectivity index (χ0v) is 15.5. The van der Waals surface area contributed by atoms with E-state index in [2.05, 4.69) is 5.32 Å². The molecule has 0 bridgehead atoms. The smallest absolute Gasteiger partial charge is 0.229 e. The maximum Gasteiger partial charge on any atom is 0.229 e. The molecule has 2 aromatic rings. The van der Waals surface area contributed by atoms with Crippen molar-refractivity contribution in [1.82, 2.24) is 4.90 Å². The van der Waals surface area contributed by atoms with Gasteiger partial charge in [0.15, 0.2) is 0 Å². The number of amides is 2. The highest BCUT2D eigenvalue weighted by Gasteiger charge is 2.34. The van der Waals surface area contributed by atoms with Gasteiger partial charge in [-0.15, -0.1) is 0 Å². The summed E-state index contributed by atoms with van der Waals surface area (Å²) in [6, 6.07) is 15.2. The van der Waals surface area contributed by atoms with Gasteiger partial charge in [-0.25, -0.2) is 0 Å². The summed E-state index contributed by atoms with van der Waals surface area (Å²) in [5.41, 5.74) is 8.35. The summed E-state index contributed by atoms with van der Waals surface area (Å²) in [4.78, 5) is 26.5. The van der Waals surface area contributed by atoms with Gasteiger partial charge in [-0.3, -0.25) is 9.59 Å². The van der Waals surface area contributed by atoms with Crippen LogP contribution in [0.15, 0.2) is 48.5 Å². The molecule has 142 valence electrons. The first-order valence-corrected chi connectivity index (χ1v) is 9.12. The molecule has 2 aromatic carbocycles. The summed E-state index contributed by atoms with van der Waals surface area (Å²) < 4.78 is 5.42. The summed E-state index contributed by atoms with van der Waals surface area (Å²) >= 11 is 0. The lowest BCUT2D eigenvalue weighted by atomic mass is 10.1. The molecule has 6 heteroatoms. The third-order valence-corrected chi connectivity index (χ3v) is 4.59. The van der Waals surface area contributed by atoms with Crippen molar-refractivity contribution in [3.63, 3.8) is 0 Å².